The summed E-state index contributed by atoms with van der Waals surface area (Å²) in [6.45, 7) is 6.17. The average molecular weight is 620 g/mol. The van der Waals surface area contributed by atoms with Crippen molar-refractivity contribution in [3.05, 3.63) is 98.3 Å². The second-order valence-corrected chi connectivity index (χ2v) is 16.1. The van der Waals surface area contributed by atoms with E-state index in [9.17, 15) is 19.6 Å². The topological polar surface area (TPSA) is 87.1 Å². The summed E-state index contributed by atoms with van der Waals surface area (Å²) < 4.78 is 36.4. The van der Waals surface area contributed by atoms with Gasteiger partial charge in [0.25, 0.3) is 5.91 Å². The lowest BCUT2D eigenvalue weighted by Gasteiger charge is -2.41. The molecule has 10 heteroatoms. The van der Waals surface area contributed by atoms with Crippen LogP contribution in [0.25, 0.3) is 0 Å². The maximum atomic E-state index is 16.4. The van der Waals surface area contributed by atoms with Gasteiger partial charge < -0.3 is 19.5 Å². The molecule has 1 atom stereocenters. The van der Waals surface area contributed by atoms with Gasteiger partial charge >= 0.3 is 0 Å². The minimum Gasteiger partial charge on any atom is -0.396 e. The third kappa shape index (κ3) is 5.49. The fraction of sp³-hybridized carbons (Fsp3) is 0.387. The van der Waals surface area contributed by atoms with Gasteiger partial charge in [-0.3, -0.25) is 9.69 Å². The molecule has 0 radical (unpaired) electrons. The zero-order valence-electron chi connectivity index (χ0n) is 23.4. The van der Waals surface area contributed by atoms with Crippen molar-refractivity contribution < 1.29 is 28.7 Å². The van der Waals surface area contributed by atoms with Crippen molar-refractivity contribution in [1.82, 2.24) is 4.90 Å². The Kier molecular flexibility index (Phi) is 7.72. The summed E-state index contributed by atoms with van der Waals surface area (Å²) in [5.74, 6) is -1.23. The predicted molar refractivity (Wildman–Crippen MR) is 159 cm³/mol. The van der Waals surface area contributed by atoms with Crippen LogP contribution in [0.5, 0.6) is 0 Å². The maximum absolute atomic E-state index is 16.4. The summed E-state index contributed by atoms with van der Waals surface area (Å²) in [6, 6.07) is 14.4. The number of amides is 1. The molecule has 1 heterocycles. The minimum atomic E-state index is -2.85. The van der Waals surface area contributed by atoms with Crippen LogP contribution >= 0.6 is 30.3 Å². The van der Waals surface area contributed by atoms with E-state index < -0.39 is 35.6 Å². The van der Waals surface area contributed by atoms with E-state index in [4.69, 9.17) is 27.9 Å². The number of ether oxygens (including phenoxy) is 1. The highest BCUT2D eigenvalue weighted by molar-refractivity contribution is 7.70. The highest BCUT2D eigenvalue weighted by Gasteiger charge is 2.56. The molecule has 3 aromatic carbocycles. The number of hydrogen-bond donors (Lipinski definition) is 2. The van der Waals surface area contributed by atoms with E-state index in [1.54, 1.807) is 55.8 Å². The molecule has 1 aliphatic heterocycles. The molecule has 2 aliphatic rings. The Morgan fingerprint density at radius 3 is 2.24 bits per heavy atom. The van der Waals surface area contributed by atoms with E-state index in [1.807, 2.05) is 0 Å². The summed E-state index contributed by atoms with van der Waals surface area (Å²) in [5, 5.41) is 22.1. The van der Waals surface area contributed by atoms with Crippen LogP contribution < -0.4 is 5.30 Å². The molecule has 2 N–H and O–H groups in total. The zero-order chi connectivity index (χ0) is 30.0. The second kappa shape index (κ2) is 10.5. The Bertz CT molecular complexity index is 1560. The largest absolute Gasteiger partial charge is 0.396 e. The van der Waals surface area contributed by atoms with Crippen LogP contribution in [-0.4, -0.2) is 47.6 Å². The van der Waals surface area contributed by atoms with E-state index in [-0.39, 0.29) is 36.4 Å². The van der Waals surface area contributed by atoms with E-state index >= 15 is 4.39 Å². The molecular weight excluding hydrogens is 587 g/mol. The number of halogens is 3. The first kappa shape index (κ1) is 30.2. The van der Waals surface area contributed by atoms with Crippen LogP contribution in [0.4, 0.5) is 4.39 Å². The highest BCUT2D eigenvalue weighted by atomic mass is 35.5. The first-order chi connectivity index (χ1) is 19.1. The van der Waals surface area contributed by atoms with E-state index in [0.717, 1.165) is 12.8 Å². The average Bonchev–Trinajstić information content (AvgIpc) is 3.64. The van der Waals surface area contributed by atoms with Gasteiger partial charge in [0.15, 0.2) is 5.72 Å². The van der Waals surface area contributed by atoms with Gasteiger partial charge in [0.1, 0.15) is 13.0 Å². The third-order valence-electron chi connectivity index (χ3n) is 8.06. The number of fused-ring (bicyclic) bond motifs is 1. The minimum absolute atomic E-state index is 0.0123. The van der Waals surface area contributed by atoms with E-state index in [0.29, 0.717) is 26.5 Å². The molecule has 1 aliphatic carbocycles. The van der Waals surface area contributed by atoms with Crippen molar-refractivity contribution in [2.24, 2.45) is 5.41 Å². The van der Waals surface area contributed by atoms with Crippen molar-refractivity contribution in [1.29, 1.82) is 0 Å². The van der Waals surface area contributed by atoms with E-state index in [2.05, 4.69) is 0 Å². The second-order valence-electron chi connectivity index (χ2n) is 12.1. The van der Waals surface area contributed by atoms with Crippen molar-refractivity contribution in [2.75, 3.05) is 26.5 Å². The lowest BCUT2D eigenvalue weighted by Crippen LogP contribution is -2.48. The molecule has 1 fully saturated rings. The monoisotopic (exact) mass is 619 g/mol. The van der Waals surface area contributed by atoms with E-state index in [1.165, 1.54) is 30.9 Å². The number of aliphatic hydroxyl groups excluding tert-OH is 1. The van der Waals surface area contributed by atoms with Crippen molar-refractivity contribution >= 4 is 41.6 Å². The Labute approximate surface area is 249 Å². The van der Waals surface area contributed by atoms with Crippen LogP contribution in [0.1, 0.15) is 59.3 Å². The molecule has 0 bridgehead atoms. The highest BCUT2D eigenvalue weighted by Crippen LogP contribution is 2.52. The molecule has 1 saturated carbocycles. The fourth-order valence-electron chi connectivity index (χ4n) is 5.41. The first-order valence-corrected chi connectivity index (χ1v) is 16.7. The number of hydrogen-bond acceptors (Lipinski definition) is 5. The third-order valence-corrected chi connectivity index (χ3v) is 10.1. The molecular formula is C31H33Cl2FNO5P. The molecule has 41 heavy (non-hydrogen) atoms. The van der Waals surface area contributed by atoms with Gasteiger partial charge in [-0.25, -0.2) is 4.39 Å². The summed E-state index contributed by atoms with van der Waals surface area (Å²) in [6.07, 6.45) is 1.47. The predicted octanol–water partition coefficient (Wildman–Crippen LogP) is 6.25. The van der Waals surface area contributed by atoms with Crippen LogP contribution in [0.2, 0.25) is 10.0 Å². The molecule has 0 aromatic heterocycles. The van der Waals surface area contributed by atoms with Gasteiger partial charge in [-0.2, -0.15) is 0 Å². The molecule has 218 valence electrons. The lowest BCUT2D eigenvalue weighted by atomic mass is 9.88. The van der Waals surface area contributed by atoms with Gasteiger partial charge in [0.05, 0.1) is 36.5 Å². The Balaban J connectivity index is 1.78. The first-order valence-electron chi connectivity index (χ1n) is 13.3. The summed E-state index contributed by atoms with van der Waals surface area (Å²) in [5.41, 5.74) is -2.30. The molecule has 0 unspecified atom stereocenters. The molecule has 6 nitrogen and oxygen atoms in total. The molecule has 0 spiro atoms. The van der Waals surface area contributed by atoms with Crippen molar-refractivity contribution in [3.63, 3.8) is 0 Å². The molecule has 3 aromatic rings. The smallest absolute Gasteiger partial charge is 0.257 e. The molecule has 0 saturated heterocycles. The number of carbonyl (C=O) groups is 1. The lowest BCUT2D eigenvalue weighted by molar-refractivity contribution is -0.130. The van der Waals surface area contributed by atoms with Crippen LogP contribution in [-0.2, 0) is 27.2 Å². The summed E-state index contributed by atoms with van der Waals surface area (Å²) in [7, 11) is -2.85. The number of benzene rings is 3. The van der Waals surface area contributed by atoms with Gasteiger partial charge in [-0.1, -0.05) is 41.4 Å². The zero-order valence-corrected chi connectivity index (χ0v) is 25.8. The normalized spacial score (nSPS) is 19.9. The number of carbonyl (C=O) groups excluding carboxylic acids is 1. The van der Waals surface area contributed by atoms with Gasteiger partial charge in [-0.05, 0) is 87.5 Å². The molecule has 5 rings (SSSR count). The van der Waals surface area contributed by atoms with Crippen LogP contribution in [0, 0.1) is 11.2 Å². The Morgan fingerprint density at radius 1 is 1.05 bits per heavy atom. The van der Waals surface area contributed by atoms with Crippen LogP contribution in [0.3, 0.4) is 0 Å². The standard InChI is InChI=1S/C31H33Cl2FNO5P/c1-29(2,38)21-13-24-27(25(34)14-21)31(20-6-9-22(32)10-7-20,40-18-30(17-36)11-12-30)35(28(24)37)16-19-5-8-23(33)15-26(19)41(3,4)39/h5-10,13-15,36,38H,11-12,16-18H2,1-4H3/t31-/m1/s1. The van der Waals surface area contributed by atoms with Crippen molar-refractivity contribution in [2.45, 2.75) is 44.6 Å². The number of aliphatic hydroxyl groups is 2. The Morgan fingerprint density at radius 2 is 1.68 bits per heavy atom. The summed E-state index contributed by atoms with van der Waals surface area (Å²) >= 11 is 12.5. The Hall–Kier alpha value is -2.25. The van der Waals surface area contributed by atoms with Gasteiger partial charge in [0, 0.05) is 26.3 Å². The quantitative estimate of drug-likeness (QED) is 0.276. The SMILES string of the molecule is CC(C)(O)c1cc(F)c2c(c1)C(=O)N(Cc1ccc(Cl)cc1P(C)(C)=O)[C@@]2(OCC1(CO)CC1)c1ccc(Cl)cc1. The maximum Gasteiger partial charge on any atom is 0.257 e. The molecule has 1 amide bonds. The van der Waals surface area contributed by atoms with Gasteiger partial charge in [0.2, 0.25) is 0 Å². The summed E-state index contributed by atoms with van der Waals surface area (Å²) in [4.78, 5) is 15.8. The van der Waals surface area contributed by atoms with Gasteiger partial charge in [-0.15, -0.1) is 0 Å². The number of rotatable bonds is 9. The van der Waals surface area contributed by atoms with Crippen molar-refractivity contribution in [3.8, 4) is 0 Å². The number of nitrogens with zero attached hydrogens (tertiary/aromatic N) is 1. The van der Waals surface area contributed by atoms with Crippen LogP contribution in [0.15, 0.2) is 54.6 Å². The fourth-order valence-corrected chi connectivity index (χ4v) is 7.07.